The predicted molar refractivity (Wildman–Crippen MR) is 107 cm³/mol. The van der Waals surface area contributed by atoms with Gasteiger partial charge in [0.2, 0.25) is 5.91 Å². The van der Waals surface area contributed by atoms with Crippen LogP contribution in [0.5, 0.6) is 5.75 Å². The third-order valence-electron chi connectivity index (χ3n) is 4.52. The minimum atomic E-state index is 0.000855. The van der Waals surface area contributed by atoms with E-state index in [0.29, 0.717) is 26.2 Å². The first-order chi connectivity index (χ1) is 13.1. The van der Waals surface area contributed by atoms with Gasteiger partial charge in [0.05, 0.1) is 18.8 Å². The molecule has 6 heteroatoms. The summed E-state index contributed by atoms with van der Waals surface area (Å²) in [6, 6.07) is 13.6. The SMILES string of the molecule is CCN(CC)C(CNC(=O)CN(C)CCOc1ccccc1)c1ccco1. The second kappa shape index (κ2) is 11.4. The average molecular weight is 373 g/mol. The Labute approximate surface area is 162 Å². The molecule has 0 radical (unpaired) electrons. The van der Waals surface area contributed by atoms with Crippen LogP contribution in [0.25, 0.3) is 0 Å². The van der Waals surface area contributed by atoms with E-state index < -0.39 is 0 Å². The van der Waals surface area contributed by atoms with Crippen LogP contribution in [0.15, 0.2) is 53.1 Å². The lowest BCUT2D eigenvalue weighted by Crippen LogP contribution is -2.42. The molecular weight excluding hydrogens is 342 g/mol. The summed E-state index contributed by atoms with van der Waals surface area (Å²) < 4.78 is 11.2. The number of rotatable bonds is 12. The molecule has 6 nitrogen and oxygen atoms in total. The number of nitrogens with one attached hydrogen (secondary N) is 1. The van der Waals surface area contributed by atoms with Gasteiger partial charge in [-0.05, 0) is 44.4 Å². The van der Waals surface area contributed by atoms with Gasteiger partial charge < -0.3 is 14.5 Å². The fourth-order valence-electron chi connectivity index (χ4n) is 2.98. The maximum atomic E-state index is 12.3. The first kappa shape index (κ1) is 21.0. The Morgan fingerprint density at radius 3 is 2.52 bits per heavy atom. The number of amides is 1. The summed E-state index contributed by atoms with van der Waals surface area (Å²) in [5.74, 6) is 1.72. The van der Waals surface area contributed by atoms with Crippen molar-refractivity contribution in [3.05, 3.63) is 54.5 Å². The number of carbonyl (C=O) groups excluding carboxylic acids is 1. The molecule has 0 spiro atoms. The molecule has 0 aliphatic rings. The van der Waals surface area contributed by atoms with Crippen molar-refractivity contribution in [2.45, 2.75) is 19.9 Å². The van der Waals surface area contributed by atoms with Crippen LogP contribution in [0, 0.1) is 0 Å². The van der Waals surface area contributed by atoms with Crippen LogP contribution >= 0.6 is 0 Å². The van der Waals surface area contributed by atoms with Crippen molar-refractivity contribution in [2.75, 3.05) is 46.4 Å². The molecule has 1 amide bonds. The van der Waals surface area contributed by atoms with Gasteiger partial charge in [0.1, 0.15) is 18.1 Å². The van der Waals surface area contributed by atoms with Crippen LogP contribution < -0.4 is 10.1 Å². The number of benzene rings is 1. The van der Waals surface area contributed by atoms with E-state index in [1.165, 1.54) is 0 Å². The first-order valence-corrected chi connectivity index (χ1v) is 9.54. The molecular formula is C21H31N3O3. The summed E-state index contributed by atoms with van der Waals surface area (Å²) in [7, 11) is 1.92. The largest absolute Gasteiger partial charge is 0.492 e. The second-order valence-electron chi connectivity index (χ2n) is 6.46. The zero-order chi connectivity index (χ0) is 19.5. The molecule has 148 valence electrons. The van der Waals surface area contributed by atoms with Gasteiger partial charge in [-0.25, -0.2) is 0 Å². The first-order valence-electron chi connectivity index (χ1n) is 9.54. The summed E-state index contributed by atoms with van der Waals surface area (Å²) in [4.78, 5) is 16.5. The number of likely N-dealkylation sites (N-methyl/N-ethyl adjacent to an activating group) is 2. The van der Waals surface area contributed by atoms with Crippen molar-refractivity contribution in [2.24, 2.45) is 0 Å². The highest BCUT2D eigenvalue weighted by Gasteiger charge is 2.21. The lowest BCUT2D eigenvalue weighted by molar-refractivity contribution is -0.122. The fourth-order valence-corrected chi connectivity index (χ4v) is 2.98. The molecule has 0 aliphatic carbocycles. The van der Waals surface area contributed by atoms with Gasteiger partial charge in [-0.3, -0.25) is 14.6 Å². The third kappa shape index (κ3) is 7.07. The molecule has 1 N–H and O–H groups in total. The summed E-state index contributed by atoms with van der Waals surface area (Å²) in [5, 5.41) is 3.04. The molecule has 1 unspecified atom stereocenters. The van der Waals surface area contributed by atoms with E-state index in [2.05, 4.69) is 24.1 Å². The van der Waals surface area contributed by atoms with Crippen molar-refractivity contribution in [1.82, 2.24) is 15.1 Å². The van der Waals surface area contributed by atoms with E-state index in [0.717, 1.165) is 24.6 Å². The van der Waals surface area contributed by atoms with Crippen molar-refractivity contribution in [3.8, 4) is 5.75 Å². The molecule has 2 rings (SSSR count). The highest BCUT2D eigenvalue weighted by Crippen LogP contribution is 2.20. The number of nitrogens with zero attached hydrogens (tertiary/aromatic N) is 2. The quantitative estimate of drug-likeness (QED) is 0.620. The summed E-state index contributed by atoms with van der Waals surface area (Å²) >= 11 is 0. The average Bonchev–Trinajstić information content (AvgIpc) is 3.20. The van der Waals surface area contributed by atoms with Crippen LogP contribution in [-0.4, -0.2) is 62.1 Å². The molecule has 0 bridgehead atoms. The highest BCUT2D eigenvalue weighted by molar-refractivity contribution is 5.78. The zero-order valence-electron chi connectivity index (χ0n) is 16.6. The Hall–Kier alpha value is -2.31. The van der Waals surface area contributed by atoms with Crippen molar-refractivity contribution >= 4 is 5.91 Å². The number of ether oxygens (including phenoxy) is 1. The normalized spacial score (nSPS) is 12.3. The van der Waals surface area contributed by atoms with Gasteiger partial charge in [0, 0.05) is 13.1 Å². The Balaban J connectivity index is 1.74. The maximum Gasteiger partial charge on any atom is 0.234 e. The Morgan fingerprint density at radius 1 is 1.15 bits per heavy atom. The van der Waals surface area contributed by atoms with Gasteiger partial charge in [0.15, 0.2) is 0 Å². The molecule has 1 heterocycles. The van der Waals surface area contributed by atoms with Gasteiger partial charge in [-0.1, -0.05) is 32.0 Å². The van der Waals surface area contributed by atoms with Crippen LogP contribution in [0.3, 0.4) is 0 Å². The van der Waals surface area contributed by atoms with E-state index in [9.17, 15) is 4.79 Å². The molecule has 27 heavy (non-hydrogen) atoms. The molecule has 1 atom stereocenters. The minimum absolute atomic E-state index is 0.000855. The Morgan fingerprint density at radius 2 is 1.89 bits per heavy atom. The molecule has 1 aromatic heterocycles. The molecule has 0 fully saturated rings. The van der Waals surface area contributed by atoms with Crippen LogP contribution in [-0.2, 0) is 4.79 Å². The predicted octanol–water partition coefficient (Wildman–Crippen LogP) is 2.79. The Kier molecular flexibility index (Phi) is 8.87. The zero-order valence-corrected chi connectivity index (χ0v) is 16.6. The molecule has 1 aromatic carbocycles. The van der Waals surface area contributed by atoms with Gasteiger partial charge in [0.25, 0.3) is 0 Å². The van der Waals surface area contributed by atoms with E-state index in [1.54, 1.807) is 6.26 Å². The number of hydrogen-bond donors (Lipinski definition) is 1. The molecule has 0 aliphatic heterocycles. The third-order valence-corrected chi connectivity index (χ3v) is 4.52. The highest BCUT2D eigenvalue weighted by atomic mass is 16.5. The van der Waals surface area contributed by atoms with Crippen LogP contribution in [0.1, 0.15) is 25.6 Å². The monoisotopic (exact) mass is 373 g/mol. The molecule has 2 aromatic rings. The summed E-state index contributed by atoms with van der Waals surface area (Å²) in [6.07, 6.45) is 1.67. The van der Waals surface area contributed by atoms with E-state index in [4.69, 9.17) is 9.15 Å². The molecule has 0 saturated carbocycles. The number of para-hydroxylation sites is 1. The van der Waals surface area contributed by atoms with Crippen LogP contribution in [0.2, 0.25) is 0 Å². The van der Waals surface area contributed by atoms with Gasteiger partial charge in [-0.2, -0.15) is 0 Å². The van der Waals surface area contributed by atoms with Crippen molar-refractivity contribution in [1.29, 1.82) is 0 Å². The van der Waals surface area contributed by atoms with E-state index in [-0.39, 0.29) is 11.9 Å². The van der Waals surface area contributed by atoms with E-state index >= 15 is 0 Å². The lowest BCUT2D eigenvalue weighted by atomic mass is 10.2. The lowest BCUT2D eigenvalue weighted by Gasteiger charge is -2.28. The number of furan rings is 1. The van der Waals surface area contributed by atoms with Gasteiger partial charge in [-0.15, -0.1) is 0 Å². The topological polar surface area (TPSA) is 58.0 Å². The second-order valence-corrected chi connectivity index (χ2v) is 6.46. The van der Waals surface area contributed by atoms with E-state index in [1.807, 2.05) is 54.4 Å². The number of hydrogen-bond acceptors (Lipinski definition) is 5. The van der Waals surface area contributed by atoms with Crippen molar-refractivity contribution in [3.63, 3.8) is 0 Å². The minimum Gasteiger partial charge on any atom is -0.492 e. The fraction of sp³-hybridized carbons (Fsp3) is 0.476. The summed E-state index contributed by atoms with van der Waals surface area (Å²) in [6.45, 7) is 8.11. The summed E-state index contributed by atoms with van der Waals surface area (Å²) in [5.41, 5.74) is 0. The smallest absolute Gasteiger partial charge is 0.234 e. The van der Waals surface area contributed by atoms with Crippen LogP contribution in [0.4, 0.5) is 0 Å². The number of carbonyl (C=O) groups is 1. The maximum absolute atomic E-state index is 12.3. The standard InChI is InChI=1S/C21H31N3O3/c1-4-24(5-2)19(20-12-9-14-27-20)16-22-21(25)17-23(3)13-15-26-18-10-7-6-8-11-18/h6-12,14,19H,4-5,13,15-17H2,1-3H3,(H,22,25). The molecule has 0 saturated heterocycles. The van der Waals surface area contributed by atoms with Gasteiger partial charge >= 0.3 is 0 Å². The Bertz CT molecular complexity index is 642. The van der Waals surface area contributed by atoms with Crippen molar-refractivity contribution < 1.29 is 13.9 Å².